The molecule has 0 atom stereocenters. The molecule has 0 saturated carbocycles. The lowest BCUT2D eigenvalue weighted by Crippen LogP contribution is -2.20. The maximum atomic E-state index is 11.7. The van der Waals surface area contributed by atoms with Crippen molar-refractivity contribution in [3.8, 4) is 0 Å². The molecule has 3 nitrogen and oxygen atoms in total. The van der Waals surface area contributed by atoms with E-state index in [1.807, 2.05) is 31.2 Å². The van der Waals surface area contributed by atoms with Crippen LogP contribution in [-0.2, 0) is 17.6 Å². The van der Waals surface area contributed by atoms with E-state index in [0.717, 1.165) is 31.5 Å². The first-order valence-electron chi connectivity index (χ1n) is 7.80. The second-order valence-electron chi connectivity index (χ2n) is 5.16. The second-order valence-corrected chi connectivity index (χ2v) is 5.16. The predicted molar refractivity (Wildman–Crippen MR) is 89.1 cm³/mol. The van der Waals surface area contributed by atoms with Crippen molar-refractivity contribution >= 4 is 5.97 Å². The summed E-state index contributed by atoms with van der Waals surface area (Å²) in [6, 6.07) is 18.1. The number of hydrogen-bond donors (Lipinski definition) is 1. The Labute approximate surface area is 132 Å². The van der Waals surface area contributed by atoms with E-state index in [-0.39, 0.29) is 5.97 Å². The van der Waals surface area contributed by atoms with Gasteiger partial charge in [-0.2, -0.15) is 0 Å². The van der Waals surface area contributed by atoms with Crippen LogP contribution in [0, 0.1) is 0 Å². The summed E-state index contributed by atoms with van der Waals surface area (Å²) >= 11 is 0. The molecule has 116 valence electrons. The van der Waals surface area contributed by atoms with Crippen LogP contribution < -0.4 is 5.32 Å². The molecule has 22 heavy (non-hydrogen) atoms. The molecule has 2 aromatic carbocycles. The van der Waals surface area contributed by atoms with Crippen LogP contribution >= 0.6 is 0 Å². The highest BCUT2D eigenvalue weighted by atomic mass is 16.5. The van der Waals surface area contributed by atoms with Gasteiger partial charge in [-0.25, -0.2) is 4.79 Å². The van der Waals surface area contributed by atoms with Crippen molar-refractivity contribution in [2.75, 3.05) is 19.7 Å². The van der Waals surface area contributed by atoms with Gasteiger partial charge in [0.25, 0.3) is 0 Å². The molecule has 0 saturated heterocycles. The summed E-state index contributed by atoms with van der Waals surface area (Å²) in [7, 11) is 0. The molecule has 0 fully saturated rings. The van der Waals surface area contributed by atoms with Crippen LogP contribution in [0.3, 0.4) is 0 Å². The molecule has 0 aliphatic rings. The van der Waals surface area contributed by atoms with E-state index in [1.165, 1.54) is 5.56 Å². The van der Waals surface area contributed by atoms with Crippen molar-refractivity contribution in [2.24, 2.45) is 0 Å². The highest BCUT2D eigenvalue weighted by Gasteiger charge is 2.06. The number of carbonyl (C=O) groups is 1. The number of hydrogen-bond acceptors (Lipinski definition) is 3. The fourth-order valence-electron chi connectivity index (χ4n) is 2.30. The average molecular weight is 297 g/mol. The number of rotatable bonds is 8. The lowest BCUT2D eigenvalue weighted by molar-refractivity contribution is 0.0526. The Hall–Kier alpha value is -2.13. The molecule has 0 amide bonds. The van der Waals surface area contributed by atoms with E-state index in [2.05, 4.69) is 29.6 Å². The van der Waals surface area contributed by atoms with Gasteiger partial charge in [0.15, 0.2) is 0 Å². The Morgan fingerprint density at radius 3 is 2.36 bits per heavy atom. The first kappa shape index (κ1) is 16.2. The Morgan fingerprint density at radius 2 is 1.64 bits per heavy atom. The molecule has 2 rings (SSSR count). The van der Waals surface area contributed by atoms with E-state index >= 15 is 0 Å². The van der Waals surface area contributed by atoms with Gasteiger partial charge in [-0.1, -0.05) is 42.5 Å². The predicted octanol–water partition coefficient (Wildman–Crippen LogP) is 3.24. The summed E-state index contributed by atoms with van der Waals surface area (Å²) in [5, 5.41) is 3.44. The minimum atomic E-state index is -0.249. The van der Waals surface area contributed by atoms with Gasteiger partial charge in [-0.05, 0) is 56.1 Å². The van der Waals surface area contributed by atoms with Crippen LogP contribution in [0.5, 0.6) is 0 Å². The molecular weight excluding hydrogens is 274 g/mol. The third kappa shape index (κ3) is 5.34. The average Bonchev–Trinajstić information content (AvgIpc) is 2.56. The molecule has 0 spiro atoms. The van der Waals surface area contributed by atoms with Gasteiger partial charge < -0.3 is 10.1 Å². The highest BCUT2D eigenvalue weighted by molar-refractivity contribution is 5.89. The number of carbonyl (C=O) groups excluding carboxylic acids is 1. The number of nitrogens with one attached hydrogen (secondary N) is 1. The first-order valence-corrected chi connectivity index (χ1v) is 7.80. The van der Waals surface area contributed by atoms with Crippen molar-refractivity contribution in [2.45, 2.75) is 19.8 Å². The van der Waals surface area contributed by atoms with Crippen LogP contribution in [0.25, 0.3) is 0 Å². The molecule has 0 unspecified atom stereocenters. The Morgan fingerprint density at radius 1 is 0.955 bits per heavy atom. The molecular formula is C19H23NO2. The minimum Gasteiger partial charge on any atom is -0.462 e. The van der Waals surface area contributed by atoms with Crippen molar-refractivity contribution in [1.82, 2.24) is 5.32 Å². The monoisotopic (exact) mass is 297 g/mol. The maximum absolute atomic E-state index is 11.7. The second kappa shape index (κ2) is 9.00. The zero-order valence-electron chi connectivity index (χ0n) is 13.0. The molecule has 0 radical (unpaired) electrons. The Balaban J connectivity index is 1.73. The lowest BCUT2D eigenvalue weighted by Gasteiger charge is -2.07. The van der Waals surface area contributed by atoms with Crippen LogP contribution in [0.2, 0.25) is 0 Å². The summed E-state index contributed by atoms with van der Waals surface area (Å²) in [6.45, 7) is 4.09. The summed E-state index contributed by atoms with van der Waals surface area (Å²) in [4.78, 5) is 11.7. The van der Waals surface area contributed by atoms with Gasteiger partial charge >= 0.3 is 5.97 Å². The molecule has 1 N–H and O–H groups in total. The SMILES string of the molecule is CCOC(=O)c1cccc(CCNCCc2ccccc2)c1. The summed E-state index contributed by atoms with van der Waals surface area (Å²) in [5.74, 6) is -0.249. The molecule has 0 aliphatic heterocycles. The summed E-state index contributed by atoms with van der Waals surface area (Å²) in [5.41, 5.74) is 3.13. The van der Waals surface area contributed by atoms with E-state index in [4.69, 9.17) is 4.74 Å². The largest absolute Gasteiger partial charge is 0.462 e. The van der Waals surface area contributed by atoms with Crippen molar-refractivity contribution in [3.05, 3.63) is 71.3 Å². The fraction of sp³-hybridized carbons (Fsp3) is 0.316. The van der Waals surface area contributed by atoms with Gasteiger partial charge in [0, 0.05) is 0 Å². The van der Waals surface area contributed by atoms with E-state index in [0.29, 0.717) is 12.2 Å². The van der Waals surface area contributed by atoms with E-state index in [1.54, 1.807) is 6.07 Å². The van der Waals surface area contributed by atoms with Gasteiger partial charge in [-0.3, -0.25) is 0 Å². The third-order valence-corrected chi connectivity index (χ3v) is 3.46. The van der Waals surface area contributed by atoms with E-state index < -0.39 is 0 Å². The molecule has 3 heteroatoms. The molecule has 0 heterocycles. The van der Waals surface area contributed by atoms with Gasteiger partial charge in [0.2, 0.25) is 0 Å². The number of ether oxygens (including phenoxy) is 1. The molecule has 0 aromatic heterocycles. The lowest BCUT2D eigenvalue weighted by atomic mass is 10.1. The summed E-state index contributed by atoms with van der Waals surface area (Å²) < 4.78 is 5.02. The van der Waals surface area contributed by atoms with Crippen molar-refractivity contribution < 1.29 is 9.53 Å². The maximum Gasteiger partial charge on any atom is 0.338 e. The Kier molecular flexibility index (Phi) is 6.65. The zero-order valence-corrected chi connectivity index (χ0v) is 13.0. The van der Waals surface area contributed by atoms with Crippen molar-refractivity contribution in [1.29, 1.82) is 0 Å². The minimum absolute atomic E-state index is 0.249. The topological polar surface area (TPSA) is 38.3 Å². The Bertz CT molecular complexity index is 581. The molecule has 2 aromatic rings. The smallest absolute Gasteiger partial charge is 0.338 e. The van der Waals surface area contributed by atoms with Crippen LogP contribution in [0.4, 0.5) is 0 Å². The van der Waals surface area contributed by atoms with Gasteiger partial charge in [-0.15, -0.1) is 0 Å². The standard InChI is InChI=1S/C19H23NO2/c1-2-22-19(21)18-10-6-9-17(15-18)12-14-20-13-11-16-7-4-3-5-8-16/h3-10,15,20H,2,11-14H2,1H3. The fourth-order valence-corrected chi connectivity index (χ4v) is 2.30. The number of benzene rings is 2. The molecule has 0 aliphatic carbocycles. The molecule has 0 bridgehead atoms. The summed E-state index contributed by atoms with van der Waals surface area (Å²) in [6.07, 6.45) is 1.94. The zero-order chi connectivity index (χ0) is 15.6. The number of esters is 1. The first-order chi connectivity index (χ1) is 10.8. The van der Waals surface area contributed by atoms with Crippen LogP contribution in [0.15, 0.2) is 54.6 Å². The van der Waals surface area contributed by atoms with Gasteiger partial charge in [0.05, 0.1) is 12.2 Å². The normalized spacial score (nSPS) is 10.4. The van der Waals surface area contributed by atoms with Gasteiger partial charge in [0.1, 0.15) is 0 Å². The highest BCUT2D eigenvalue weighted by Crippen LogP contribution is 2.07. The van der Waals surface area contributed by atoms with Crippen LogP contribution in [-0.4, -0.2) is 25.7 Å². The van der Waals surface area contributed by atoms with Crippen LogP contribution in [0.1, 0.15) is 28.4 Å². The quantitative estimate of drug-likeness (QED) is 0.600. The van der Waals surface area contributed by atoms with Crippen molar-refractivity contribution in [3.63, 3.8) is 0 Å². The third-order valence-electron chi connectivity index (χ3n) is 3.46. The van der Waals surface area contributed by atoms with E-state index in [9.17, 15) is 4.79 Å².